The van der Waals surface area contributed by atoms with Crippen LogP contribution in [-0.4, -0.2) is 30.6 Å². The zero-order valence-electron chi connectivity index (χ0n) is 9.29. The van der Waals surface area contributed by atoms with Gasteiger partial charge in [-0.3, -0.25) is 10.1 Å². The molecule has 2 fully saturated rings. The third-order valence-corrected chi connectivity index (χ3v) is 4.39. The van der Waals surface area contributed by atoms with Crippen LogP contribution in [0.1, 0.15) is 26.7 Å². The van der Waals surface area contributed by atoms with Crippen LogP contribution in [-0.2, 0) is 4.79 Å². The van der Waals surface area contributed by atoms with E-state index in [1.165, 1.54) is 6.42 Å². The molecule has 2 saturated carbocycles. The van der Waals surface area contributed by atoms with E-state index in [9.17, 15) is 4.79 Å². The van der Waals surface area contributed by atoms with E-state index in [1.807, 2.05) is 18.9 Å². The first-order valence-corrected chi connectivity index (χ1v) is 5.62. The minimum atomic E-state index is -0.0272. The maximum Gasteiger partial charge on any atom is 0.211 e. The fourth-order valence-electron chi connectivity index (χ4n) is 3.55. The van der Waals surface area contributed by atoms with E-state index in [2.05, 4.69) is 12.2 Å². The summed E-state index contributed by atoms with van der Waals surface area (Å²) in [6.45, 7) is 5.16. The molecule has 0 saturated heterocycles. The minimum absolute atomic E-state index is 0.0272. The lowest BCUT2D eigenvalue weighted by Gasteiger charge is -2.40. The highest BCUT2D eigenvalue weighted by molar-refractivity contribution is 5.50. The molecule has 2 aliphatic rings. The molecular formula is C11H20N2O. The van der Waals surface area contributed by atoms with Crippen LogP contribution < -0.4 is 5.32 Å². The Morgan fingerprint density at radius 2 is 2.36 bits per heavy atom. The topological polar surface area (TPSA) is 32.3 Å². The summed E-state index contributed by atoms with van der Waals surface area (Å²) in [5.41, 5.74) is -0.0272. The third kappa shape index (κ3) is 1.05. The Morgan fingerprint density at radius 3 is 2.71 bits per heavy atom. The van der Waals surface area contributed by atoms with Gasteiger partial charge in [-0.05, 0) is 38.6 Å². The molecule has 80 valence electrons. The van der Waals surface area contributed by atoms with E-state index >= 15 is 0 Å². The number of fused-ring (bicyclic) bond motifs is 1. The highest BCUT2D eigenvalue weighted by Crippen LogP contribution is 2.62. The summed E-state index contributed by atoms with van der Waals surface area (Å²) in [6.07, 6.45) is 3.40. The van der Waals surface area contributed by atoms with Gasteiger partial charge < -0.3 is 4.90 Å². The zero-order chi connectivity index (χ0) is 10.3. The summed E-state index contributed by atoms with van der Waals surface area (Å²) in [4.78, 5) is 13.0. The van der Waals surface area contributed by atoms with Crippen molar-refractivity contribution in [2.75, 3.05) is 13.6 Å². The van der Waals surface area contributed by atoms with E-state index in [4.69, 9.17) is 0 Å². The molecule has 2 aliphatic carbocycles. The predicted molar refractivity (Wildman–Crippen MR) is 55.6 cm³/mol. The quantitative estimate of drug-likeness (QED) is 0.538. The van der Waals surface area contributed by atoms with Crippen molar-refractivity contribution in [1.29, 1.82) is 0 Å². The molecule has 1 amide bonds. The van der Waals surface area contributed by atoms with Gasteiger partial charge in [0.25, 0.3) is 0 Å². The summed E-state index contributed by atoms with van der Waals surface area (Å²) in [7, 11) is 1.99. The average Bonchev–Trinajstić information content (AvgIpc) is 2.70. The van der Waals surface area contributed by atoms with Gasteiger partial charge in [-0.15, -0.1) is 0 Å². The molecule has 1 N–H and O–H groups in total. The zero-order valence-corrected chi connectivity index (χ0v) is 9.29. The minimum Gasteiger partial charge on any atom is -0.327 e. The van der Waals surface area contributed by atoms with E-state index < -0.39 is 0 Å². The van der Waals surface area contributed by atoms with Gasteiger partial charge in [-0.25, -0.2) is 0 Å². The Morgan fingerprint density at radius 1 is 1.64 bits per heavy atom. The normalized spacial score (nSPS) is 44.6. The lowest BCUT2D eigenvalue weighted by Crippen LogP contribution is -2.58. The molecule has 0 bridgehead atoms. The predicted octanol–water partition coefficient (Wildman–Crippen LogP) is 1.06. The standard InChI is InChI=1S/C11H20N2O/c1-4-13(7-14)11(12-3)6-5-9-8(2)10(9)11/h7-10,12H,4-6H2,1-3H3. The Labute approximate surface area is 85.8 Å². The SMILES string of the molecule is CCN(C=O)C1(NC)CCC2C(C)C21. The summed E-state index contributed by atoms with van der Waals surface area (Å²) >= 11 is 0. The lowest BCUT2D eigenvalue weighted by atomic mass is 9.99. The van der Waals surface area contributed by atoms with E-state index in [-0.39, 0.29) is 5.66 Å². The molecule has 0 heterocycles. The summed E-state index contributed by atoms with van der Waals surface area (Å²) in [5, 5.41) is 3.40. The van der Waals surface area contributed by atoms with Crippen molar-refractivity contribution in [3.05, 3.63) is 0 Å². The number of rotatable bonds is 4. The van der Waals surface area contributed by atoms with Crippen molar-refractivity contribution < 1.29 is 4.79 Å². The van der Waals surface area contributed by atoms with Gasteiger partial charge in [0.05, 0.1) is 5.66 Å². The number of nitrogens with zero attached hydrogens (tertiary/aromatic N) is 1. The monoisotopic (exact) mass is 196 g/mol. The van der Waals surface area contributed by atoms with Gasteiger partial charge in [-0.1, -0.05) is 6.92 Å². The fraction of sp³-hybridized carbons (Fsp3) is 0.909. The van der Waals surface area contributed by atoms with E-state index in [1.54, 1.807) is 0 Å². The van der Waals surface area contributed by atoms with Crippen LogP contribution in [0.15, 0.2) is 0 Å². The van der Waals surface area contributed by atoms with Crippen LogP contribution >= 0.6 is 0 Å². The Balaban J connectivity index is 2.21. The third-order valence-electron chi connectivity index (χ3n) is 4.39. The Bertz CT molecular complexity index is 243. The van der Waals surface area contributed by atoms with Crippen LogP contribution in [0.4, 0.5) is 0 Å². The van der Waals surface area contributed by atoms with Gasteiger partial charge in [0.1, 0.15) is 0 Å². The first kappa shape index (κ1) is 9.97. The molecule has 0 aliphatic heterocycles. The number of hydrogen-bond acceptors (Lipinski definition) is 2. The highest BCUT2D eigenvalue weighted by Gasteiger charge is 2.64. The van der Waals surface area contributed by atoms with Crippen molar-refractivity contribution in [2.45, 2.75) is 32.4 Å². The maximum absolute atomic E-state index is 11.0. The second-order valence-corrected chi connectivity index (χ2v) is 4.65. The highest BCUT2D eigenvalue weighted by atomic mass is 16.1. The second-order valence-electron chi connectivity index (χ2n) is 4.65. The molecule has 0 aromatic heterocycles. The van der Waals surface area contributed by atoms with Crippen LogP contribution in [0.5, 0.6) is 0 Å². The molecule has 0 aromatic rings. The van der Waals surface area contributed by atoms with Crippen molar-refractivity contribution >= 4 is 6.41 Å². The van der Waals surface area contributed by atoms with Gasteiger partial charge in [0, 0.05) is 12.5 Å². The summed E-state index contributed by atoms with van der Waals surface area (Å²) in [5.74, 6) is 2.35. The number of carbonyl (C=O) groups excluding carboxylic acids is 1. The van der Waals surface area contributed by atoms with Crippen molar-refractivity contribution in [3.8, 4) is 0 Å². The van der Waals surface area contributed by atoms with Crippen LogP contribution in [0.25, 0.3) is 0 Å². The van der Waals surface area contributed by atoms with Crippen LogP contribution in [0, 0.1) is 17.8 Å². The van der Waals surface area contributed by atoms with E-state index in [0.29, 0.717) is 5.92 Å². The van der Waals surface area contributed by atoms with E-state index in [0.717, 1.165) is 31.2 Å². The summed E-state index contributed by atoms with van der Waals surface area (Å²) in [6, 6.07) is 0. The molecule has 2 rings (SSSR count). The van der Waals surface area contributed by atoms with Crippen LogP contribution in [0.3, 0.4) is 0 Å². The first-order chi connectivity index (χ1) is 6.71. The first-order valence-electron chi connectivity index (χ1n) is 5.62. The van der Waals surface area contributed by atoms with Gasteiger partial charge in [0.2, 0.25) is 6.41 Å². The van der Waals surface area contributed by atoms with Crippen molar-refractivity contribution in [2.24, 2.45) is 17.8 Å². The molecule has 0 aromatic carbocycles. The maximum atomic E-state index is 11.0. The molecule has 3 nitrogen and oxygen atoms in total. The lowest BCUT2D eigenvalue weighted by molar-refractivity contribution is -0.126. The smallest absolute Gasteiger partial charge is 0.211 e. The van der Waals surface area contributed by atoms with Crippen molar-refractivity contribution in [3.63, 3.8) is 0 Å². The number of hydrogen-bond donors (Lipinski definition) is 1. The molecule has 0 spiro atoms. The number of amides is 1. The molecule has 4 atom stereocenters. The van der Waals surface area contributed by atoms with Gasteiger partial charge in [-0.2, -0.15) is 0 Å². The van der Waals surface area contributed by atoms with Gasteiger partial charge in [0.15, 0.2) is 0 Å². The fourth-order valence-corrected chi connectivity index (χ4v) is 3.55. The molecule has 3 heteroatoms. The summed E-state index contributed by atoms with van der Waals surface area (Å²) < 4.78 is 0. The average molecular weight is 196 g/mol. The molecule has 0 radical (unpaired) electrons. The van der Waals surface area contributed by atoms with Gasteiger partial charge >= 0.3 is 0 Å². The second kappa shape index (κ2) is 3.23. The molecule has 4 unspecified atom stereocenters. The molecule has 14 heavy (non-hydrogen) atoms. The Kier molecular flexibility index (Phi) is 2.30. The molecular weight excluding hydrogens is 176 g/mol. The Hall–Kier alpha value is -0.570. The van der Waals surface area contributed by atoms with Crippen molar-refractivity contribution in [1.82, 2.24) is 10.2 Å². The largest absolute Gasteiger partial charge is 0.327 e. The number of nitrogens with one attached hydrogen (secondary N) is 1. The number of carbonyl (C=O) groups is 1. The van der Waals surface area contributed by atoms with Crippen LogP contribution in [0.2, 0.25) is 0 Å².